The van der Waals surface area contributed by atoms with E-state index in [4.69, 9.17) is 4.74 Å². The standard InChI is InChI=1S/C15H25N3OS/c1-2-3-4-11-19-14-13(16-20-17-14)12-15-7-5-9-18(15)10-6-8-15/h2-12H2,1H3. The van der Waals surface area contributed by atoms with E-state index in [1.165, 1.54) is 63.3 Å². The van der Waals surface area contributed by atoms with Gasteiger partial charge in [-0.2, -0.15) is 4.37 Å². The molecule has 0 N–H and O–H groups in total. The zero-order valence-corrected chi connectivity index (χ0v) is 13.3. The van der Waals surface area contributed by atoms with Crippen LogP contribution in [0.4, 0.5) is 0 Å². The molecule has 2 fully saturated rings. The van der Waals surface area contributed by atoms with Gasteiger partial charge in [0.25, 0.3) is 0 Å². The van der Waals surface area contributed by atoms with Crippen LogP contribution in [-0.4, -0.2) is 38.9 Å². The first-order chi connectivity index (χ1) is 9.84. The number of nitrogens with zero attached hydrogens (tertiary/aromatic N) is 3. The highest BCUT2D eigenvalue weighted by Crippen LogP contribution is 2.42. The maximum Gasteiger partial charge on any atom is 0.249 e. The van der Waals surface area contributed by atoms with Crippen molar-refractivity contribution in [2.75, 3.05) is 19.7 Å². The van der Waals surface area contributed by atoms with Gasteiger partial charge in [0.05, 0.1) is 18.3 Å². The summed E-state index contributed by atoms with van der Waals surface area (Å²) in [7, 11) is 0. The van der Waals surface area contributed by atoms with Crippen LogP contribution in [0.2, 0.25) is 0 Å². The van der Waals surface area contributed by atoms with Gasteiger partial charge in [-0.05, 0) is 45.2 Å². The number of rotatable bonds is 7. The number of ether oxygens (including phenoxy) is 1. The lowest BCUT2D eigenvalue weighted by molar-refractivity contribution is 0.190. The highest BCUT2D eigenvalue weighted by molar-refractivity contribution is 6.99. The fourth-order valence-electron chi connectivity index (χ4n) is 3.76. The molecule has 0 spiro atoms. The Kier molecular flexibility index (Phi) is 4.56. The zero-order valence-electron chi connectivity index (χ0n) is 12.4. The fourth-order valence-corrected chi connectivity index (χ4v) is 4.28. The zero-order chi connectivity index (χ0) is 13.8. The minimum atomic E-state index is 0.372. The smallest absolute Gasteiger partial charge is 0.249 e. The lowest BCUT2D eigenvalue weighted by atomic mass is 9.89. The lowest BCUT2D eigenvalue weighted by Gasteiger charge is -2.31. The molecule has 0 aromatic carbocycles. The van der Waals surface area contributed by atoms with Crippen molar-refractivity contribution in [1.29, 1.82) is 0 Å². The van der Waals surface area contributed by atoms with Gasteiger partial charge >= 0.3 is 0 Å². The molecule has 0 atom stereocenters. The van der Waals surface area contributed by atoms with Crippen molar-refractivity contribution in [1.82, 2.24) is 13.6 Å². The number of hydrogen-bond acceptors (Lipinski definition) is 5. The Balaban J connectivity index is 1.61. The maximum atomic E-state index is 5.85. The average molecular weight is 295 g/mol. The molecule has 0 saturated carbocycles. The van der Waals surface area contributed by atoms with Crippen molar-refractivity contribution < 1.29 is 4.74 Å². The first kappa shape index (κ1) is 14.3. The molecule has 0 unspecified atom stereocenters. The average Bonchev–Trinajstić information content (AvgIpc) is 3.11. The monoisotopic (exact) mass is 295 g/mol. The van der Waals surface area contributed by atoms with E-state index >= 15 is 0 Å². The van der Waals surface area contributed by atoms with Crippen LogP contribution < -0.4 is 4.74 Å². The first-order valence-corrected chi connectivity index (χ1v) is 8.76. The van der Waals surface area contributed by atoms with Crippen LogP contribution in [-0.2, 0) is 6.42 Å². The second-order valence-corrected chi connectivity index (χ2v) is 6.70. The van der Waals surface area contributed by atoms with Gasteiger partial charge < -0.3 is 4.74 Å². The SMILES string of the molecule is CCCCCOc1nsnc1CC12CCCN1CCC2. The minimum absolute atomic E-state index is 0.372. The molecule has 2 saturated heterocycles. The quantitative estimate of drug-likeness (QED) is 0.724. The lowest BCUT2D eigenvalue weighted by Crippen LogP contribution is -2.40. The molecule has 3 heterocycles. The summed E-state index contributed by atoms with van der Waals surface area (Å²) in [6, 6.07) is 0. The van der Waals surface area contributed by atoms with Gasteiger partial charge in [0.1, 0.15) is 5.69 Å². The van der Waals surface area contributed by atoms with Crippen LogP contribution in [0, 0.1) is 0 Å². The van der Waals surface area contributed by atoms with Crippen LogP contribution in [0.1, 0.15) is 57.6 Å². The molecule has 0 aliphatic carbocycles. The molecule has 0 radical (unpaired) electrons. The Morgan fingerprint density at radius 1 is 1.20 bits per heavy atom. The summed E-state index contributed by atoms with van der Waals surface area (Å²) in [5.74, 6) is 0.805. The first-order valence-electron chi connectivity index (χ1n) is 8.03. The van der Waals surface area contributed by atoms with E-state index in [1.54, 1.807) is 0 Å². The van der Waals surface area contributed by atoms with E-state index in [2.05, 4.69) is 20.6 Å². The van der Waals surface area contributed by atoms with Crippen LogP contribution in [0.15, 0.2) is 0 Å². The molecule has 1 aromatic heterocycles. The summed E-state index contributed by atoms with van der Waals surface area (Å²) in [6.07, 6.45) is 9.92. The van der Waals surface area contributed by atoms with Crippen LogP contribution in [0.3, 0.4) is 0 Å². The van der Waals surface area contributed by atoms with Crippen molar-refractivity contribution >= 4 is 11.7 Å². The summed E-state index contributed by atoms with van der Waals surface area (Å²) in [5.41, 5.74) is 1.47. The highest BCUT2D eigenvalue weighted by Gasteiger charge is 2.45. The third kappa shape index (κ3) is 2.84. The predicted octanol–water partition coefficient (Wildman–Crippen LogP) is 3.28. The third-order valence-corrected chi connectivity index (χ3v) is 5.37. The Morgan fingerprint density at radius 3 is 2.75 bits per heavy atom. The van der Waals surface area contributed by atoms with Crippen molar-refractivity contribution in [3.63, 3.8) is 0 Å². The largest absolute Gasteiger partial charge is 0.476 e. The van der Waals surface area contributed by atoms with E-state index < -0.39 is 0 Å². The molecular formula is C15H25N3OS. The summed E-state index contributed by atoms with van der Waals surface area (Å²) in [4.78, 5) is 2.67. The maximum absolute atomic E-state index is 5.85. The molecule has 2 aliphatic rings. The van der Waals surface area contributed by atoms with Crippen LogP contribution in [0.25, 0.3) is 0 Å². The van der Waals surface area contributed by atoms with Crippen molar-refractivity contribution in [3.8, 4) is 5.88 Å². The second kappa shape index (κ2) is 6.39. The molecule has 20 heavy (non-hydrogen) atoms. The molecule has 4 nitrogen and oxygen atoms in total. The molecule has 2 aliphatic heterocycles. The van der Waals surface area contributed by atoms with Crippen molar-refractivity contribution in [3.05, 3.63) is 5.69 Å². The Morgan fingerprint density at radius 2 is 2.00 bits per heavy atom. The molecular weight excluding hydrogens is 270 g/mol. The van der Waals surface area contributed by atoms with E-state index in [-0.39, 0.29) is 0 Å². The molecule has 3 rings (SSSR count). The Labute approximate surface area is 125 Å². The Bertz CT molecular complexity index is 425. The summed E-state index contributed by atoms with van der Waals surface area (Å²) in [5, 5.41) is 0. The van der Waals surface area contributed by atoms with E-state index in [9.17, 15) is 0 Å². The molecule has 0 amide bonds. The number of aromatic nitrogens is 2. The molecule has 112 valence electrons. The van der Waals surface area contributed by atoms with Crippen LogP contribution in [0.5, 0.6) is 5.88 Å². The number of hydrogen-bond donors (Lipinski definition) is 0. The molecule has 0 bridgehead atoms. The van der Waals surface area contributed by atoms with Gasteiger partial charge in [-0.15, -0.1) is 4.37 Å². The van der Waals surface area contributed by atoms with Gasteiger partial charge in [-0.25, -0.2) is 0 Å². The third-order valence-electron chi connectivity index (χ3n) is 4.82. The highest BCUT2D eigenvalue weighted by atomic mass is 32.1. The normalized spacial score (nSPS) is 21.2. The minimum Gasteiger partial charge on any atom is -0.476 e. The van der Waals surface area contributed by atoms with E-state index in [1.807, 2.05) is 0 Å². The summed E-state index contributed by atoms with van der Waals surface area (Å²) < 4.78 is 14.7. The summed E-state index contributed by atoms with van der Waals surface area (Å²) >= 11 is 1.30. The van der Waals surface area contributed by atoms with E-state index in [0.717, 1.165) is 31.0 Å². The topological polar surface area (TPSA) is 38.3 Å². The number of fused-ring (bicyclic) bond motifs is 1. The van der Waals surface area contributed by atoms with E-state index in [0.29, 0.717) is 5.54 Å². The van der Waals surface area contributed by atoms with Crippen LogP contribution >= 0.6 is 11.7 Å². The van der Waals surface area contributed by atoms with Crippen molar-refractivity contribution in [2.45, 2.75) is 63.8 Å². The molecule has 5 heteroatoms. The second-order valence-electron chi connectivity index (χ2n) is 6.17. The van der Waals surface area contributed by atoms with Gasteiger partial charge in [-0.1, -0.05) is 19.8 Å². The molecule has 1 aromatic rings. The number of unbranched alkanes of at least 4 members (excludes halogenated alkanes) is 2. The fraction of sp³-hybridized carbons (Fsp3) is 0.867. The predicted molar refractivity (Wildman–Crippen MR) is 81.4 cm³/mol. The van der Waals surface area contributed by atoms with Gasteiger partial charge in [0, 0.05) is 12.0 Å². The Hall–Kier alpha value is -0.680. The van der Waals surface area contributed by atoms with Gasteiger partial charge in [0.15, 0.2) is 0 Å². The van der Waals surface area contributed by atoms with Crippen molar-refractivity contribution in [2.24, 2.45) is 0 Å². The van der Waals surface area contributed by atoms with Gasteiger partial charge in [-0.3, -0.25) is 4.90 Å². The summed E-state index contributed by atoms with van der Waals surface area (Å²) in [6.45, 7) is 5.53. The van der Waals surface area contributed by atoms with Gasteiger partial charge in [0.2, 0.25) is 5.88 Å².